The van der Waals surface area contributed by atoms with Gasteiger partial charge in [-0.2, -0.15) is 4.31 Å². The molecule has 1 aliphatic heterocycles. The van der Waals surface area contributed by atoms with Crippen LogP contribution in [0.5, 0.6) is 0 Å². The molecule has 0 saturated carbocycles. The Morgan fingerprint density at radius 3 is 2.14 bits per heavy atom. The van der Waals surface area contributed by atoms with Gasteiger partial charge in [0, 0.05) is 51.2 Å². The van der Waals surface area contributed by atoms with Gasteiger partial charge in [-0.3, -0.25) is 14.7 Å². The van der Waals surface area contributed by atoms with Crippen LogP contribution >= 0.6 is 0 Å². The maximum Gasteiger partial charge on any atom is 0.244 e. The summed E-state index contributed by atoms with van der Waals surface area (Å²) in [6, 6.07) is 24.4. The van der Waals surface area contributed by atoms with Gasteiger partial charge in [0.1, 0.15) is 0 Å². The normalized spacial score (nSPS) is 15.4. The van der Waals surface area contributed by atoms with Gasteiger partial charge < -0.3 is 5.32 Å². The van der Waals surface area contributed by atoms with Crippen LogP contribution in [-0.2, 0) is 14.8 Å². The van der Waals surface area contributed by atoms with Crippen molar-refractivity contribution in [2.45, 2.75) is 12.5 Å². The van der Waals surface area contributed by atoms with Crippen LogP contribution in [0.25, 0.3) is 6.08 Å². The molecule has 0 atom stereocenters. The second-order valence-electron chi connectivity index (χ2n) is 8.74. The van der Waals surface area contributed by atoms with E-state index in [1.807, 2.05) is 42.5 Å². The molecule has 0 spiro atoms. The smallest absolute Gasteiger partial charge is 0.244 e. The molecular weight excluding hydrogens is 472 g/mol. The van der Waals surface area contributed by atoms with Gasteiger partial charge in [0.15, 0.2) is 0 Å². The Hall–Kier alpha value is -3.33. The molecule has 36 heavy (non-hydrogen) atoms. The van der Waals surface area contributed by atoms with Gasteiger partial charge in [-0.05, 0) is 35.3 Å². The van der Waals surface area contributed by atoms with Crippen LogP contribution < -0.4 is 5.32 Å². The van der Waals surface area contributed by atoms with E-state index in [0.29, 0.717) is 39.1 Å². The first kappa shape index (κ1) is 25.8. The van der Waals surface area contributed by atoms with E-state index in [1.54, 1.807) is 28.8 Å². The van der Waals surface area contributed by atoms with Crippen molar-refractivity contribution in [1.29, 1.82) is 0 Å². The van der Waals surface area contributed by atoms with E-state index in [1.165, 1.54) is 17.2 Å². The molecule has 0 bridgehead atoms. The standard InChI is InChI=1S/C28H32N4O3S/c33-27(15-14-24-9-7-16-29-23-24)30-17-8-22-36(34,35)32-20-18-31(19-21-32)28(25-10-3-1-4-11-25)26-12-5-2-6-13-26/h1-7,9-16,23,28H,8,17-22H2,(H,30,33)/b15-14-. The van der Waals surface area contributed by atoms with E-state index in [-0.39, 0.29) is 17.7 Å². The predicted molar refractivity (Wildman–Crippen MR) is 143 cm³/mol. The molecule has 0 aliphatic carbocycles. The fourth-order valence-electron chi connectivity index (χ4n) is 4.43. The fraction of sp³-hybridized carbons (Fsp3) is 0.286. The molecule has 1 aromatic heterocycles. The summed E-state index contributed by atoms with van der Waals surface area (Å²) in [4.78, 5) is 18.3. The third-order valence-corrected chi connectivity index (χ3v) is 8.21. The molecule has 4 rings (SSSR count). The largest absolute Gasteiger partial charge is 0.353 e. The van der Waals surface area contributed by atoms with Crippen LogP contribution in [0.15, 0.2) is 91.3 Å². The molecule has 1 fully saturated rings. The van der Waals surface area contributed by atoms with Gasteiger partial charge >= 0.3 is 0 Å². The summed E-state index contributed by atoms with van der Waals surface area (Å²) >= 11 is 0. The maximum atomic E-state index is 12.9. The van der Waals surface area contributed by atoms with Crippen molar-refractivity contribution in [3.63, 3.8) is 0 Å². The highest BCUT2D eigenvalue weighted by Gasteiger charge is 2.31. The Morgan fingerprint density at radius 2 is 1.56 bits per heavy atom. The molecule has 188 valence electrons. The number of pyridine rings is 1. The van der Waals surface area contributed by atoms with Crippen molar-refractivity contribution in [2.75, 3.05) is 38.5 Å². The van der Waals surface area contributed by atoms with Crippen LogP contribution in [0.1, 0.15) is 29.2 Å². The van der Waals surface area contributed by atoms with Gasteiger partial charge in [0.05, 0.1) is 11.8 Å². The summed E-state index contributed by atoms with van der Waals surface area (Å²) in [7, 11) is -3.39. The Kier molecular flexibility index (Phi) is 9.00. The number of hydrogen-bond acceptors (Lipinski definition) is 5. The number of benzene rings is 2. The fourth-order valence-corrected chi connectivity index (χ4v) is 5.91. The molecule has 2 heterocycles. The van der Waals surface area contributed by atoms with Crippen molar-refractivity contribution < 1.29 is 13.2 Å². The average molecular weight is 505 g/mol. The Morgan fingerprint density at radius 1 is 0.917 bits per heavy atom. The van der Waals surface area contributed by atoms with Crippen LogP contribution in [-0.4, -0.2) is 67.0 Å². The third kappa shape index (κ3) is 7.10. The molecule has 8 heteroatoms. The van der Waals surface area contributed by atoms with E-state index < -0.39 is 10.0 Å². The van der Waals surface area contributed by atoms with Gasteiger partial charge in [-0.25, -0.2) is 8.42 Å². The highest BCUT2D eigenvalue weighted by Crippen LogP contribution is 2.29. The lowest BCUT2D eigenvalue weighted by atomic mass is 9.96. The molecule has 1 aliphatic rings. The van der Waals surface area contributed by atoms with Crippen LogP contribution in [0, 0.1) is 0 Å². The summed E-state index contributed by atoms with van der Waals surface area (Å²) in [6.45, 7) is 2.53. The number of carbonyl (C=O) groups is 1. The third-order valence-electron chi connectivity index (χ3n) is 6.25. The number of hydrogen-bond donors (Lipinski definition) is 1. The SMILES string of the molecule is O=C(/C=C\c1cccnc1)NCCCS(=O)(=O)N1CCN(C(c2ccccc2)c2ccccc2)CC1. The van der Waals surface area contributed by atoms with E-state index in [4.69, 9.17) is 0 Å². The topological polar surface area (TPSA) is 82.6 Å². The van der Waals surface area contributed by atoms with Gasteiger partial charge in [0.25, 0.3) is 0 Å². The molecule has 0 radical (unpaired) electrons. The summed E-state index contributed by atoms with van der Waals surface area (Å²) in [5.74, 6) is -0.238. The molecule has 3 aromatic rings. The van der Waals surface area contributed by atoms with Crippen LogP contribution in [0.4, 0.5) is 0 Å². The monoisotopic (exact) mass is 504 g/mol. The summed E-state index contributed by atoms with van der Waals surface area (Å²) < 4.78 is 27.4. The number of nitrogens with one attached hydrogen (secondary N) is 1. The van der Waals surface area contributed by atoms with Crippen LogP contribution in [0.2, 0.25) is 0 Å². The molecule has 1 N–H and O–H groups in total. The molecule has 0 unspecified atom stereocenters. The number of amides is 1. The highest BCUT2D eigenvalue weighted by molar-refractivity contribution is 7.89. The van der Waals surface area contributed by atoms with Crippen molar-refractivity contribution >= 4 is 22.0 Å². The zero-order valence-corrected chi connectivity index (χ0v) is 21.1. The van der Waals surface area contributed by atoms with Crippen molar-refractivity contribution in [2.24, 2.45) is 0 Å². The van der Waals surface area contributed by atoms with Crippen molar-refractivity contribution in [3.05, 3.63) is 108 Å². The first-order valence-electron chi connectivity index (χ1n) is 12.2. The lowest BCUT2D eigenvalue weighted by molar-refractivity contribution is -0.116. The van der Waals surface area contributed by atoms with Gasteiger partial charge in [0.2, 0.25) is 15.9 Å². The zero-order chi connectivity index (χ0) is 25.2. The number of piperazine rings is 1. The summed E-state index contributed by atoms with van der Waals surface area (Å²) in [6.07, 6.45) is 6.81. The highest BCUT2D eigenvalue weighted by atomic mass is 32.2. The lowest BCUT2D eigenvalue weighted by Gasteiger charge is -2.39. The molecule has 7 nitrogen and oxygen atoms in total. The summed E-state index contributed by atoms with van der Waals surface area (Å²) in [5, 5.41) is 2.75. The Labute approximate surface area is 213 Å². The Bertz CT molecular complexity index is 1190. The number of carbonyl (C=O) groups excluding carboxylic acids is 1. The molecule has 1 saturated heterocycles. The van der Waals surface area contributed by atoms with E-state index in [2.05, 4.69) is 39.5 Å². The first-order chi connectivity index (χ1) is 17.5. The van der Waals surface area contributed by atoms with E-state index in [0.717, 1.165) is 5.56 Å². The number of sulfonamides is 1. The second-order valence-corrected chi connectivity index (χ2v) is 10.8. The molecular formula is C28H32N4O3S. The summed E-state index contributed by atoms with van der Waals surface area (Å²) in [5.41, 5.74) is 3.23. The lowest BCUT2D eigenvalue weighted by Crippen LogP contribution is -2.50. The van der Waals surface area contributed by atoms with Gasteiger partial charge in [-0.15, -0.1) is 0 Å². The zero-order valence-electron chi connectivity index (χ0n) is 20.2. The Balaban J connectivity index is 1.27. The molecule has 2 aromatic carbocycles. The van der Waals surface area contributed by atoms with Crippen molar-refractivity contribution in [1.82, 2.24) is 19.5 Å². The predicted octanol–water partition coefficient (Wildman–Crippen LogP) is 3.34. The van der Waals surface area contributed by atoms with Crippen molar-refractivity contribution in [3.8, 4) is 0 Å². The second kappa shape index (κ2) is 12.6. The number of rotatable bonds is 10. The average Bonchev–Trinajstić information content (AvgIpc) is 2.92. The van der Waals surface area contributed by atoms with E-state index in [9.17, 15) is 13.2 Å². The van der Waals surface area contributed by atoms with Gasteiger partial charge in [-0.1, -0.05) is 66.7 Å². The van der Waals surface area contributed by atoms with E-state index >= 15 is 0 Å². The minimum atomic E-state index is -3.39. The first-order valence-corrected chi connectivity index (χ1v) is 13.8. The maximum absolute atomic E-state index is 12.9. The number of nitrogens with zero attached hydrogens (tertiary/aromatic N) is 3. The minimum Gasteiger partial charge on any atom is -0.353 e. The minimum absolute atomic E-state index is 0.0143. The quantitative estimate of drug-likeness (QED) is 0.338. The number of aromatic nitrogens is 1. The molecule has 1 amide bonds. The van der Waals surface area contributed by atoms with Crippen LogP contribution in [0.3, 0.4) is 0 Å².